The number of nitrogens with one attached hydrogen (secondary N) is 1. The van der Waals surface area contributed by atoms with E-state index in [1.165, 1.54) is 35.9 Å². The topological polar surface area (TPSA) is 17.0 Å². The van der Waals surface area contributed by atoms with Crippen LogP contribution in [0.5, 0.6) is 0 Å². The monoisotopic (exact) mass is 214 g/mol. The highest BCUT2D eigenvalue weighted by Crippen LogP contribution is 2.22. The highest BCUT2D eigenvalue weighted by molar-refractivity contribution is 5.83. The average molecular weight is 214 g/mol. The van der Waals surface area contributed by atoms with Crippen LogP contribution in [0.25, 0.3) is 10.9 Å². The van der Waals surface area contributed by atoms with Crippen LogP contribution in [0.1, 0.15) is 18.4 Å². The molecule has 2 nitrogen and oxygen atoms in total. The van der Waals surface area contributed by atoms with Gasteiger partial charge in [0.15, 0.2) is 0 Å². The minimum atomic E-state index is 0.681. The van der Waals surface area contributed by atoms with Crippen molar-refractivity contribution in [3.05, 3.63) is 36.0 Å². The summed E-state index contributed by atoms with van der Waals surface area (Å²) in [6, 6.07) is 9.51. The molecule has 1 N–H and O–H groups in total. The van der Waals surface area contributed by atoms with Gasteiger partial charge in [-0.1, -0.05) is 18.2 Å². The minimum absolute atomic E-state index is 0.681. The first-order chi connectivity index (χ1) is 7.84. The van der Waals surface area contributed by atoms with Crippen molar-refractivity contribution in [1.82, 2.24) is 9.88 Å². The van der Waals surface area contributed by atoms with Crippen LogP contribution in [0.15, 0.2) is 30.5 Å². The first kappa shape index (κ1) is 9.91. The number of hydrogen-bond acceptors (Lipinski definition) is 1. The molecule has 1 saturated heterocycles. The van der Waals surface area contributed by atoms with E-state index < -0.39 is 0 Å². The lowest BCUT2D eigenvalue weighted by atomic mass is 10.0. The fourth-order valence-corrected chi connectivity index (χ4v) is 2.80. The molecule has 1 unspecified atom stereocenters. The third kappa shape index (κ3) is 1.63. The van der Waals surface area contributed by atoms with Gasteiger partial charge in [-0.05, 0) is 42.8 Å². The summed E-state index contributed by atoms with van der Waals surface area (Å²) in [6.07, 6.45) is 5.96. The van der Waals surface area contributed by atoms with Crippen molar-refractivity contribution < 1.29 is 0 Å². The molecule has 2 heterocycles. The largest absolute Gasteiger partial charge is 0.350 e. The normalized spacial score (nSPS) is 20.7. The molecule has 0 bridgehead atoms. The maximum atomic E-state index is 3.57. The van der Waals surface area contributed by atoms with E-state index in [2.05, 4.69) is 47.4 Å². The zero-order valence-corrected chi connectivity index (χ0v) is 9.74. The van der Waals surface area contributed by atoms with E-state index >= 15 is 0 Å². The first-order valence-electron chi connectivity index (χ1n) is 6.11. The molecule has 0 aliphatic carbocycles. The van der Waals surface area contributed by atoms with Crippen LogP contribution in [0.2, 0.25) is 0 Å². The van der Waals surface area contributed by atoms with Gasteiger partial charge in [0.1, 0.15) is 0 Å². The Labute approximate surface area is 96.3 Å². The maximum Gasteiger partial charge on any atom is 0.0510 e. The van der Waals surface area contributed by atoms with Gasteiger partial charge in [0.25, 0.3) is 0 Å². The molecule has 0 radical (unpaired) electrons. The molecule has 1 fully saturated rings. The van der Waals surface area contributed by atoms with Crippen LogP contribution in [0.4, 0.5) is 0 Å². The molecule has 2 aromatic rings. The Hall–Kier alpha value is -1.28. The highest BCUT2D eigenvalue weighted by atomic mass is 14.9. The van der Waals surface area contributed by atoms with Gasteiger partial charge in [-0.25, -0.2) is 0 Å². The molecule has 3 rings (SSSR count). The highest BCUT2D eigenvalue weighted by Gasteiger charge is 2.16. The van der Waals surface area contributed by atoms with Gasteiger partial charge in [-0.3, -0.25) is 0 Å². The Morgan fingerprint density at radius 1 is 1.38 bits per heavy atom. The molecule has 1 aromatic heterocycles. The molecule has 1 aliphatic heterocycles. The van der Waals surface area contributed by atoms with Gasteiger partial charge >= 0.3 is 0 Å². The van der Waals surface area contributed by atoms with Crippen molar-refractivity contribution in [3.8, 4) is 0 Å². The fraction of sp³-hybridized carbons (Fsp3) is 0.429. The third-order valence-electron chi connectivity index (χ3n) is 3.61. The number of aryl methyl sites for hydroxylation is 1. The van der Waals surface area contributed by atoms with Crippen molar-refractivity contribution in [1.29, 1.82) is 0 Å². The van der Waals surface area contributed by atoms with Crippen LogP contribution in [-0.2, 0) is 13.5 Å². The predicted octanol–water partition coefficient (Wildman–Crippen LogP) is 2.47. The second kappa shape index (κ2) is 3.95. The van der Waals surface area contributed by atoms with Crippen LogP contribution in [-0.4, -0.2) is 17.2 Å². The molecule has 1 aliphatic rings. The van der Waals surface area contributed by atoms with Gasteiger partial charge in [0.05, 0.1) is 5.52 Å². The summed E-state index contributed by atoms with van der Waals surface area (Å²) >= 11 is 0. The molecule has 84 valence electrons. The third-order valence-corrected chi connectivity index (χ3v) is 3.61. The molecule has 0 spiro atoms. The van der Waals surface area contributed by atoms with E-state index in [1.807, 2.05) is 0 Å². The van der Waals surface area contributed by atoms with Crippen molar-refractivity contribution in [2.75, 3.05) is 6.54 Å². The summed E-state index contributed by atoms with van der Waals surface area (Å²) < 4.78 is 2.24. The fourth-order valence-electron chi connectivity index (χ4n) is 2.80. The number of nitrogens with zero attached hydrogens (tertiary/aromatic N) is 1. The number of hydrogen-bond donors (Lipinski definition) is 1. The molecular weight excluding hydrogens is 196 g/mol. The van der Waals surface area contributed by atoms with Crippen molar-refractivity contribution >= 4 is 10.9 Å². The van der Waals surface area contributed by atoms with Crippen molar-refractivity contribution in [2.45, 2.75) is 25.3 Å². The van der Waals surface area contributed by atoms with Crippen molar-refractivity contribution in [2.24, 2.45) is 7.05 Å². The predicted molar refractivity (Wildman–Crippen MR) is 67.6 cm³/mol. The van der Waals surface area contributed by atoms with Gasteiger partial charge in [-0.15, -0.1) is 0 Å². The Bertz CT molecular complexity index is 492. The lowest BCUT2D eigenvalue weighted by Gasteiger charge is -2.12. The van der Waals surface area contributed by atoms with E-state index in [0.29, 0.717) is 6.04 Å². The summed E-state index contributed by atoms with van der Waals surface area (Å²) in [5, 5.41) is 4.93. The number of rotatable bonds is 2. The Kier molecular flexibility index (Phi) is 2.44. The average Bonchev–Trinajstić information content (AvgIpc) is 2.90. The lowest BCUT2D eigenvalue weighted by molar-refractivity contribution is 0.604. The molecule has 2 heteroatoms. The van der Waals surface area contributed by atoms with E-state index in [4.69, 9.17) is 0 Å². The van der Waals surface area contributed by atoms with E-state index in [1.54, 1.807) is 0 Å². The summed E-state index contributed by atoms with van der Waals surface area (Å²) in [5.41, 5.74) is 2.88. The maximum absolute atomic E-state index is 3.57. The summed E-state index contributed by atoms with van der Waals surface area (Å²) in [4.78, 5) is 0. The number of aromatic nitrogens is 1. The first-order valence-corrected chi connectivity index (χ1v) is 6.11. The number of para-hydroxylation sites is 1. The molecule has 0 amide bonds. The minimum Gasteiger partial charge on any atom is -0.350 e. The smallest absolute Gasteiger partial charge is 0.0510 e. The second-order valence-electron chi connectivity index (χ2n) is 4.78. The quantitative estimate of drug-likeness (QED) is 0.812. The van der Waals surface area contributed by atoms with Gasteiger partial charge in [0, 0.05) is 19.3 Å². The Morgan fingerprint density at radius 2 is 2.31 bits per heavy atom. The number of fused-ring (bicyclic) bond motifs is 1. The SMILES string of the molecule is Cn1ccc2cccc(CC3CCCN3)c21. The second-order valence-corrected chi connectivity index (χ2v) is 4.78. The Balaban J connectivity index is 1.98. The summed E-state index contributed by atoms with van der Waals surface area (Å²) in [6.45, 7) is 1.19. The molecular formula is C14H18N2. The standard InChI is InChI=1S/C14H18N2/c1-16-9-7-11-4-2-5-12(14(11)16)10-13-6-3-8-15-13/h2,4-5,7,9,13,15H,3,6,8,10H2,1H3. The van der Waals surface area contributed by atoms with Crippen LogP contribution < -0.4 is 5.32 Å². The van der Waals surface area contributed by atoms with Gasteiger partial charge in [0.2, 0.25) is 0 Å². The molecule has 0 saturated carbocycles. The van der Waals surface area contributed by atoms with Crippen LogP contribution in [0.3, 0.4) is 0 Å². The van der Waals surface area contributed by atoms with E-state index in [0.717, 1.165) is 6.42 Å². The molecule has 1 aromatic carbocycles. The van der Waals surface area contributed by atoms with E-state index in [-0.39, 0.29) is 0 Å². The molecule has 16 heavy (non-hydrogen) atoms. The van der Waals surface area contributed by atoms with Crippen molar-refractivity contribution in [3.63, 3.8) is 0 Å². The number of benzene rings is 1. The summed E-state index contributed by atoms with van der Waals surface area (Å²) in [5.74, 6) is 0. The zero-order chi connectivity index (χ0) is 11.0. The van der Waals surface area contributed by atoms with Crippen LogP contribution >= 0.6 is 0 Å². The summed E-state index contributed by atoms with van der Waals surface area (Å²) in [7, 11) is 2.13. The zero-order valence-electron chi connectivity index (χ0n) is 9.74. The molecule has 1 atom stereocenters. The lowest BCUT2D eigenvalue weighted by Crippen LogP contribution is -2.23. The Morgan fingerprint density at radius 3 is 3.12 bits per heavy atom. The van der Waals surface area contributed by atoms with Crippen LogP contribution in [0, 0.1) is 0 Å². The van der Waals surface area contributed by atoms with Gasteiger partial charge in [-0.2, -0.15) is 0 Å². The van der Waals surface area contributed by atoms with E-state index in [9.17, 15) is 0 Å². The van der Waals surface area contributed by atoms with Gasteiger partial charge < -0.3 is 9.88 Å².